The van der Waals surface area contributed by atoms with Crippen LogP contribution in [0.5, 0.6) is 0 Å². The number of carbonyl (C=O) groups is 1. The molecule has 3 nitrogen and oxygen atoms in total. The van der Waals surface area contributed by atoms with E-state index < -0.39 is 0 Å². The molecule has 1 aromatic rings. The highest BCUT2D eigenvalue weighted by Gasteiger charge is 2.30. The van der Waals surface area contributed by atoms with Crippen LogP contribution in [0.1, 0.15) is 24.8 Å². The van der Waals surface area contributed by atoms with E-state index in [0.29, 0.717) is 17.8 Å². The van der Waals surface area contributed by atoms with Crippen LogP contribution in [-0.2, 0) is 9.53 Å². The van der Waals surface area contributed by atoms with Crippen LogP contribution in [0.2, 0.25) is 0 Å². The molecule has 21 heavy (non-hydrogen) atoms. The quantitative estimate of drug-likeness (QED) is 0.859. The highest BCUT2D eigenvalue weighted by molar-refractivity contribution is 8.00. The summed E-state index contributed by atoms with van der Waals surface area (Å²) in [5.41, 5.74) is 1.35. The van der Waals surface area contributed by atoms with Crippen molar-refractivity contribution in [3.63, 3.8) is 0 Å². The molecule has 0 unspecified atom stereocenters. The molecule has 1 amide bonds. The standard InChI is InChI=1S/C17H23NO2S/c1-13-4-2-3-5-16(13)21-15-6-9-18(10-7-15)17(19)14-8-11-20-12-14/h2-5,14-15H,6-12H2,1H3/t14-/m0/s1. The van der Waals surface area contributed by atoms with Crippen molar-refractivity contribution in [2.45, 2.75) is 36.3 Å². The molecule has 1 atom stereocenters. The highest BCUT2D eigenvalue weighted by atomic mass is 32.2. The Balaban J connectivity index is 1.51. The number of aryl methyl sites for hydroxylation is 1. The lowest BCUT2D eigenvalue weighted by Crippen LogP contribution is -2.42. The van der Waals surface area contributed by atoms with E-state index in [0.717, 1.165) is 39.0 Å². The van der Waals surface area contributed by atoms with E-state index in [-0.39, 0.29) is 5.92 Å². The van der Waals surface area contributed by atoms with Gasteiger partial charge in [0.1, 0.15) is 0 Å². The van der Waals surface area contributed by atoms with E-state index in [1.54, 1.807) is 0 Å². The summed E-state index contributed by atoms with van der Waals surface area (Å²) in [7, 11) is 0. The predicted octanol–water partition coefficient (Wildman–Crippen LogP) is 3.11. The number of ether oxygens (including phenoxy) is 1. The third-order valence-electron chi connectivity index (χ3n) is 4.42. The molecule has 2 fully saturated rings. The molecule has 2 aliphatic rings. The van der Waals surface area contributed by atoms with Crippen LogP contribution in [-0.4, -0.2) is 42.4 Å². The van der Waals surface area contributed by atoms with Gasteiger partial charge in [-0.1, -0.05) is 18.2 Å². The van der Waals surface area contributed by atoms with Gasteiger partial charge in [-0.15, -0.1) is 11.8 Å². The largest absolute Gasteiger partial charge is 0.381 e. The van der Waals surface area contributed by atoms with E-state index in [2.05, 4.69) is 31.2 Å². The smallest absolute Gasteiger partial charge is 0.228 e. The summed E-state index contributed by atoms with van der Waals surface area (Å²) in [5.74, 6) is 0.428. The molecular weight excluding hydrogens is 282 g/mol. The highest BCUT2D eigenvalue weighted by Crippen LogP contribution is 2.32. The topological polar surface area (TPSA) is 29.5 Å². The maximum atomic E-state index is 12.4. The number of nitrogens with zero attached hydrogens (tertiary/aromatic N) is 1. The summed E-state index contributed by atoms with van der Waals surface area (Å²) in [6, 6.07) is 8.56. The molecule has 1 aromatic carbocycles. The van der Waals surface area contributed by atoms with Crippen molar-refractivity contribution in [2.75, 3.05) is 26.3 Å². The average Bonchev–Trinajstić information content (AvgIpc) is 3.04. The summed E-state index contributed by atoms with van der Waals surface area (Å²) in [6.07, 6.45) is 3.09. The summed E-state index contributed by atoms with van der Waals surface area (Å²) in [5, 5.41) is 0.634. The number of rotatable bonds is 3. The number of benzene rings is 1. The molecule has 0 N–H and O–H groups in total. The number of carbonyl (C=O) groups excluding carboxylic acids is 1. The number of amides is 1. The molecule has 0 aliphatic carbocycles. The van der Waals surface area contributed by atoms with Gasteiger partial charge in [0.2, 0.25) is 5.91 Å². The second-order valence-electron chi connectivity index (χ2n) is 5.97. The number of thioether (sulfide) groups is 1. The second-order valence-corrected chi connectivity index (χ2v) is 7.31. The van der Waals surface area contributed by atoms with E-state index in [4.69, 9.17) is 4.74 Å². The zero-order valence-electron chi connectivity index (χ0n) is 12.6. The van der Waals surface area contributed by atoms with Crippen molar-refractivity contribution in [3.05, 3.63) is 29.8 Å². The van der Waals surface area contributed by atoms with Gasteiger partial charge in [-0.3, -0.25) is 4.79 Å². The molecule has 0 saturated carbocycles. The first-order valence-corrected chi connectivity index (χ1v) is 8.71. The SMILES string of the molecule is Cc1ccccc1SC1CCN(C(=O)[C@H]2CCOC2)CC1. The van der Waals surface area contributed by atoms with Gasteiger partial charge in [0.25, 0.3) is 0 Å². The Labute approximate surface area is 131 Å². The minimum atomic E-state index is 0.116. The molecular formula is C17H23NO2S. The normalized spacial score (nSPS) is 23.5. The van der Waals surface area contributed by atoms with Gasteiger partial charge in [-0.25, -0.2) is 0 Å². The van der Waals surface area contributed by atoms with Crippen LogP contribution in [0.25, 0.3) is 0 Å². The van der Waals surface area contributed by atoms with Crippen molar-refractivity contribution in [2.24, 2.45) is 5.92 Å². The van der Waals surface area contributed by atoms with Crippen LogP contribution in [0.4, 0.5) is 0 Å². The van der Waals surface area contributed by atoms with Gasteiger partial charge in [0, 0.05) is 29.8 Å². The molecule has 0 spiro atoms. The minimum Gasteiger partial charge on any atom is -0.381 e. The van der Waals surface area contributed by atoms with Gasteiger partial charge in [-0.2, -0.15) is 0 Å². The number of likely N-dealkylation sites (tertiary alicyclic amines) is 1. The van der Waals surface area contributed by atoms with Crippen molar-refractivity contribution < 1.29 is 9.53 Å². The lowest BCUT2D eigenvalue weighted by atomic mass is 10.0. The van der Waals surface area contributed by atoms with Gasteiger partial charge in [-0.05, 0) is 37.8 Å². The fraction of sp³-hybridized carbons (Fsp3) is 0.588. The Kier molecular flexibility index (Phi) is 4.86. The Morgan fingerprint density at radius 2 is 2.00 bits per heavy atom. The van der Waals surface area contributed by atoms with Gasteiger partial charge in [0.15, 0.2) is 0 Å². The Morgan fingerprint density at radius 1 is 1.24 bits per heavy atom. The Hall–Kier alpha value is -1.00. The van der Waals surface area contributed by atoms with E-state index >= 15 is 0 Å². The lowest BCUT2D eigenvalue weighted by molar-refractivity contribution is -0.136. The molecule has 0 aromatic heterocycles. The fourth-order valence-corrected chi connectivity index (χ4v) is 4.27. The van der Waals surface area contributed by atoms with Crippen molar-refractivity contribution in [1.82, 2.24) is 4.90 Å². The van der Waals surface area contributed by atoms with E-state index in [9.17, 15) is 4.79 Å². The molecule has 4 heteroatoms. The third-order valence-corrected chi connectivity index (χ3v) is 5.94. The zero-order chi connectivity index (χ0) is 14.7. The first kappa shape index (κ1) is 14.9. The van der Waals surface area contributed by atoms with Crippen LogP contribution in [0, 0.1) is 12.8 Å². The molecule has 0 radical (unpaired) electrons. The Bertz CT molecular complexity index is 491. The fourth-order valence-electron chi connectivity index (χ4n) is 3.05. The van der Waals surface area contributed by atoms with Crippen LogP contribution >= 0.6 is 11.8 Å². The summed E-state index contributed by atoms with van der Waals surface area (Å²) in [4.78, 5) is 15.8. The first-order chi connectivity index (χ1) is 10.2. The predicted molar refractivity (Wildman–Crippen MR) is 85.6 cm³/mol. The molecule has 0 bridgehead atoms. The summed E-state index contributed by atoms with van der Waals surface area (Å²) < 4.78 is 5.33. The maximum Gasteiger partial charge on any atom is 0.228 e. The van der Waals surface area contributed by atoms with Gasteiger partial charge >= 0.3 is 0 Å². The zero-order valence-corrected chi connectivity index (χ0v) is 13.4. The number of piperidine rings is 1. The molecule has 114 valence electrons. The average molecular weight is 305 g/mol. The van der Waals surface area contributed by atoms with Crippen LogP contribution in [0.15, 0.2) is 29.2 Å². The van der Waals surface area contributed by atoms with Crippen molar-refractivity contribution in [1.29, 1.82) is 0 Å². The monoisotopic (exact) mass is 305 g/mol. The molecule has 3 rings (SSSR count). The van der Waals surface area contributed by atoms with Crippen molar-refractivity contribution >= 4 is 17.7 Å². The van der Waals surface area contributed by atoms with Gasteiger partial charge < -0.3 is 9.64 Å². The van der Waals surface area contributed by atoms with Crippen molar-refractivity contribution in [3.8, 4) is 0 Å². The molecule has 2 heterocycles. The first-order valence-electron chi connectivity index (χ1n) is 7.83. The number of hydrogen-bond acceptors (Lipinski definition) is 3. The van der Waals surface area contributed by atoms with Gasteiger partial charge in [0.05, 0.1) is 12.5 Å². The van der Waals surface area contributed by atoms with E-state index in [1.165, 1.54) is 10.5 Å². The van der Waals surface area contributed by atoms with E-state index in [1.807, 2.05) is 16.7 Å². The minimum absolute atomic E-state index is 0.116. The van der Waals surface area contributed by atoms with Crippen LogP contribution < -0.4 is 0 Å². The second kappa shape index (κ2) is 6.84. The molecule has 2 aliphatic heterocycles. The maximum absolute atomic E-state index is 12.4. The summed E-state index contributed by atoms with van der Waals surface area (Å²) >= 11 is 1.97. The summed E-state index contributed by atoms with van der Waals surface area (Å²) in [6.45, 7) is 5.34. The Morgan fingerprint density at radius 3 is 2.67 bits per heavy atom. The lowest BCUT2D eigenvalue weighted by Gasteiger charge is -2.33. The third kappa shape index (κ3) is 3.61. The number of hydrogen-bond donors (Lipinski definition) is 0. The molecule has 2 saturated heterocycles. The van der Waals surface area contributed by atoms with Crippen LogP contribution in [0.3, 0.4) is 0 Å².